The molecule has 13 aromatic rings. The van der Waals surface area contributed by atoms with Crippen molar-refractivity contribution in [2.24, 2.45) is 0 Å². The number of nitrogens with zero attached hydrogens (tertiary/aromatic N) is 4. The first-order chi connectivity index (χ1) is 55.7. The maximum Gasteiger partial charge on any atom is 0.354 e. The van der Waals surface area contributed by atoms with Crippen molar-refractivity contribution >= 4 is 114 Å². The Morgan fingerprint density at radius 3 is 0.853 bits per heavy atom. The lowest BCUT2D eigenvalue weighted by Gasteiger charge is -2.35. The van der Waals surface area contributed by atoms with E-state index >= 15 is 28.8 Å². The Morgan fingerprint density at radius 1 is 0.336 bits per heavy atom. The third kappa shape index (κ3) is 15.3. The molecule has 2 aromatic heterocycles. The Labute approximate surface area is 676 Å². The number of halogens is 2. The molecule has 0 aliphatic carbocycles. The maximum absolute atomic E-state index is 16.7. The van der Waals surface area contributed by atoms with E-state index in [0.29, 0.717) is 11.1 Å². The van der Waals surface area contributed by atoms with Crippen molar-refractivity contribution in [3.63, 3.8) is 0 Å². The molecule has 0 spiro atoms. The highest BCUT2D eigenvalue weighted by atomic mass is 35.5. The highest BCUT2D eigenvalue weighted by Crippen LogP contribution is 2.58. The van der Waals surface area contributed by atoms with Gasteiger partial charge < -0.3 is 37.9 Å². The fourth-order valence-corrected chi connectivity index (χ4v) is 14.6. The Morgan fingerprint density at radius 2 is 0.603 bits per heavy atom. The number of fused-ring (bicyclic) bond motifs is 2. The molecule has 0 bridgehead atoms. The van der Waals surface area contributed by atoms with Gasteiger partial charge in [0.15, 0.2) is 0 Å². The summed E-state index contributed by atoms with van der Waals surface area (Å²) < 4.78 is 52.1. The van der Waals surface area contributed by atoms with Crippen LogP contribution < -0.4 is 37.9 Å². The fourth-order valence-electron chi connectivity index (χ4n) is 14.5. The second-order valence-corrected chi connectivity index (χ2v) is 30.4. The molecule has 0 fully saturated rings. The minimum atomic E-state index is -1.76. The smallest absolute Gasteiger partial charge is 0.354 e. The molecule has 2 aliphatic heterocycles. The molecule has 0 N–H and O–H groups in total. The molecule has 116 heavy (non-hydrogen) atoms. The lowest BCUT2D eigenvalue weighted by atomic mass is 9.80. The van der Waals surface area contributed by atoms with Crippen molar-refractivity contribution in [1.82, 2.24) is 19.8 Å². The lowest BCUT2D eigenvalue weighted by Crippen LogP contribution is -2.53. The van der Waals surface area contributed by atoms with Crippen LogP contribution in [0, 0.1) is 0 Å². The normalized spacial score (nSPS) is 13.1. The summed E-state index contributed by atoms with van der Waals surface area (Å²) >= 11 is 11.8. The van der Waals surface area contributed by atoms with Gasteiger partial charge >= 0.3 is 23.9 Å². The van der Waals surface area contributed by atoms with E-state index < -0.39 is 69.7 Å². The van der Waals surface area contributed by atoms with Crippen LogP contribution in [0.4, 0.5) is 0 Å². The van der Waals surface area contributed by atoms with E-state index in [1.807, 2.05) is 104 Å². The number of hydrogen-bond donors (Lipinski definition) is 0. The van der Waals surface area contributed by atoms with Crippen molar-refractivity contribution in [1.29, 1.82) is 0 Å². The SMILES string of the molecule is C=C(Cl)C(=O)Oc1ccnc(OC(=O)C(Cc2ccccc2)N2C(=O)c3cc(Oc4ccc(C(C)C)cc4)c4c5c(Oc6ccc(C(C)C)cc6)cc6c7c(cc(Oc8ccc(C(C)C)cc8)c(c8c(Oc9ccc(C(C)C)cc9)cc(c3c48)C2=O)c75)C(=O)N(C(Cc2ccccc2)C(=O)Oc2cc(OC(=O)C(=C)Cl)ccn2)C6=O)c1. The number of pyridine rings is 2. The van der Waals surface area contributed by atoms with Gasteiger partial charge in [-0.2, -0.15) is 0 Å². The molecule has 15 rings (SSSR count). The van der Waals surface area contributed by atoms with Gasteiger partial charge in [-0.1, -0.05) is 201 Å². The van der Waals surface area contributed by atoms with Gasteiger partial charge in [0, 0.05) is 80.5 Å². The van der Waals surface area contributed by atoms with Crippen LogP contribution in [0.1, 0.15) is 154 Å². The van der Waals surface area contributed by atoms with Gasteiger partial charge in [0.1, 0.15) is 79.6 Å². The fraction of sp³-hybridized carbons (Fsp3) is 0.170. The average Bonchev–Trinajstić information content (AvgIpc) is 0.670. The van der Waals surface area contributed by atoms with E-state index in [1.54, 1.807) is 109 Å². The van der Waals surface area contributed by atoms with Crippen LogP contribution in [-0.4, -0.2) is 79.4 Å². The first kappa shape index (κ1) is 77.7. The van der Waals surface area contributed by atoms with Crippen molar-refractivity contribution in [2.45, 2.75) is 104 Å². The molecular formula is C94H74Cl2N4O16. The van der Waals surface area contributed by atoms with Crippen molar-refractivity contribution < 1.29 is 76.3 Å². The molecular weight excluding hydrogens is 1510 g/mol. The van der Waals surface area contributed by atoms with Gasteiger partial charge in [-0.05, 0) is 142 Å². The number of carbonyl (C=O) groups excluding carboxylic acids is 8. The van der Waals surface area contributed by atoms with E-state index in [2.05, 4.69) is 23.1 Å². The zero-order chi connectivity index (χ0) is 81.7. The molecule has 2 aliphatic rings. The molecule has 580 valence electrons. The Hall–Kier alpha value is -13.6. The van der Waals surface area contributed by atoms with E-state index in [0.717, 1.165) is 32.1 Å². The Bertz CT molecular complexity index is 5560. The third-order valence-electron chi connectivity index (χ3n) is 20.5. The quantitative estimate of drug-likeness (QED) is 0.0161. The van der Waals surface area contributed by atoms with Gasteiger partial charge in [0.05, 0.1) is 22.3 Å². The van der Waals surface area contributed by atoms with Crippen LogP contribution in [0.5, 0.6) is 69.3 Å². The summed E-state index contributed by atoms with van der Waals surface area (Å²) in [6.45, 7) is 23.3. The molecule has 4 amide bonds. The number of carbonyl (C=O) groups is 8. The first-order valence-corrected chi connectivity index (χ1v) is 38.3. The van der Waals surface area contributed by atoms with Crippen LogP contribution in [0.2, 0.25) is 0 Å². The second kappa shape index (κ2) is 32.1. The van der Waals surface area contributed by atoms with E-state index in [9.17, 15) is 9.59 Å². The Balaban J connectivity index is 1.05. The molecule has 0 saturated heterocycles. The number of esters is 4. The van der Waals surface area contributed by atoms with Crippen molar-refractivity contribution in [3.05, 3.63) is 298 Å². The summed E-state index contributed by atoms with van der Waals surface area (Å²) in [6, 6.07) is 54.4. The summed E-state index contributed by atoms with van der Waals surface area (Å²) in [7, 11) is 0. The number of hydrogen-bond acceptors (Lipinski definition) is 18. The Kier molecular flexibility index (Phi) is 21.5. The molecule has 22 heteroatoms. The number of rotatable bonds is 26. The predicted octanol–water partition coefficient (Wildman–Crippen LogP) is 21.1. The zero-order valence-corrected chi connectivity index (χ0v) is 65.7. The van der Waals surface area contributed by atoms with Gasteiger partial charge in [0.25, 0.3) is 23.6 Å². The highest BCUT2D eigenvalue weighted by molar-refractivity contribution is 6.45. The molecule has 20 nitrogen and oxygen atoms in total. The van der Waals surface area contributed by atoms with Gasteiger partial charge in [0.2, 0.25) is 11.8 Å². The minimum Gasteiger partial charge on any atom is -0.457 e. The molecule has 11 aromatic carbocycles. The van der Waals surface area contributed by atoms with Crippen LogP contribution in [0.25, 0.3) is 43.1 Å². The summed E-state index contributed by atoms with van der Waals surface area (Å²) in [5.41, 5.74) is 4.39. The van der Waals surface area contributed by atoms with Gasteiger partial charge in [-0.15, -0.1) is 0 Å². The zero-order valence-electron chi connectivity index (χ0n) is 64.2. The number of benzene rings is 11. The molecule has 2 unspecified atom stereocenters. The lowest BCUT2D eigenvalue weighted by molar-refractivity contribution is -0.139. The number of imide groups is 2. The monoisotopic (exact) mass is 1580 g/mol. The summed E-state index contributed by atoms with van der Waals surface area (Å²) in [5.74, 6) is -7.61. The van der Waals surface area contributed by atoms with Gasteiger partial charge in [-0.3, -0.25) is 29.0 Å². The van der Waals surface area contributed by atoms with Crippen LogP contribution in [0.3, 0.4) is 0 Å². The standard InChI is InChI=1S/C94H74Cl2N4O16/c1-49(2)57-21-29-61(30-22-57)109-73-45-67-79-68(88(102)99(87(67)101)71(41-55-17-13-11-14-18-55)93(107)115-77-43-65(37-39-97-77)113-91(105)53(9)95)47-75(111-63-33-25-59(26-34-63)51(5)6)83-84-76(112-64-35-27-60(28-36-64)52(7)8)48-70-80-69(46-74(82(86(80)84)81(73)85(79)83)110-62-31-23-58(24-32-62)50(3)4)89(103)100(90(70)104)72(42-56-19-15-12-16-20-56)94(108)116-78-44-66(38-40-98-78)114-92(106)54(10)96/h11-40,43-52,71-72H,9-10,41-42H2,1-8H3. The number of amides is 4. The number of ether oxygens (including phenoxy) is 8. The van der Waals surface area contributed by atoms with Gasteiger partial charge in [-0.25, -0.2) is 29.1 Å². The summed E-state index contributed by atoms with van der Waals surface area (Å²) in [6.07, 6.45) is 1.86. The molecule has 4 heterocycles. The van der Waals surface area contributed by atoms with Crippen LogP contribution in [-0.2, 0) is 32.0 Å². The van der Waals surface area contributed by atoms with E-state index in [1.165, 1.54) is 60.9 Å². The van der Waals surface area contributed by atoms with Crippen LogP contribution >= 0.6 is 23.2 Å². The largest absolute Gasteiger partial charge is 0.457 e. The van der Waals surface area contributed by atoms with Crippen LogP contribution in [0.15, 0.2) is 242 Å². The van der Waals surface area contributed by atoms with E-state index in [-0.39, 0.29) is 171 Å². The molecule has 0 saturated carbocycles. The first-order valence-electron chi connectivity index (χ1n) is 37.5. The summed E-state index contributed by atoms with van der Waals surface area (Å²) in [5, 5.41) is 0.386. The molecule has 2 atom stereocenters. The summed E-state index contributed by atoms with van der Waals surface area (Å²) in [4.78, 5) is 133. The number of aromatic nitrogens is 2. The average molecular weight is 1590 g/mol. The maximum atomic E-state index is 16.7. The van der Waals surface area contributed by atoms with Crippen molar-refractivity contribution in [3.8, 4) is 69.3 Å². The van der Waals surface area contributed by atoms with Crippen molar-refractivity contribution in [2.75, 3.05) is 0 Å². The predicted molar refractivity (Wildman–Crippen MR) is 440 cm³/mol. The molecule has 0 radical (unpaired) electrons. The second-order valence-electron chi connectivity index (χ2n) is 29.5. The van der Waals surface area contributed by atoms with E-state index in [4.69, 9.17) is 61.1 Å². The topological polar surface area (TPSA) is 243 Å². The minimum absolute atomic E-state index is 0.0191. The highest BCUT2D eigenvalue weighted by Gasteiger charge is 2.47. The third-order valence-corrected chi connectivity index (χ3v) is 20.8.